The van der Waals surface area contributed by atoms with E-state index >= 15 is 0 Å². The maximum atomic E-state index is 13.4. The van der Waals surface area contributed by atoms with Gasteiger partial charge in [-0.1, -0.05) is 6.92 Å². The first kappa shape index (κ1) is 16.4. The zero-order valence-corrected chi connectivity index (χ0v) is 11.2. The normalized spacial score (nSPS) is 13.2. The molecule has 1 unspecified atom stereocenters. The number of benzene rings is 1. The van der Waals surface area contributed by atoms with E-state index in [4.69, 9.17) is 5.11 Å². The quantitative estimate of drug-likeness (QED) is 0.836. The number of hydrogen-bond donors (Lipinski definition) is 2. The second-order valence-electron chi connectivity index (χ2n) is 4.02. The minimum absolute atomic E-state index is 0.107. The summed E-state index contributed by atoms with van der Waals surface area (Å²) >= 11 is 0. The van der Waals surface area contributed by atoms with Gasteiger partial charge < -0.3 is 5.11 Å². The Morgan fingerprint density at radius 3 is 2.20 bits per heavy atom. The van der Waals surface area contributed by atoms with E-state index in [0.29, 0.717) is 0 Å². The summed E-state index contributed by atoms with van der Waals surface area (Å²) in [5.41, 5.74) is 0. The van der Waals surface area contributed by atoms with Gasteiger partial charge in [0.2, 0.25) is 10.0 Å². The van der Waals surface area contributed by atoms with Gasteiger partial charge in [-0.15, -0.1) is 0 Å². The molecule has 0 radical (unpaired) electrons. The molecule has 0 aliphatic carbocycles. The summed E-state index contributed by atoms with van der Waals surface area (Å²) in [4.78, 5) is 9.21. The molecule has 0 fully saturated rings. The van der Waals surface area contributed by atoms with E-state index in [9.17, 15) is 26.4 Å². The fourth-order valence-corrected chi connectivity index (χ4v) is 2.98. The van der Waals surface area contributed by atoms with Gasteiger partial charge in [-0.2, -0.15) is 0 Å². The van der Waals surface area contributed by atoms with Gasteiger partial charge in [0.1, 0.15) is 17.5 Å². The monoisotopic (exact) mass is 311 g/mol. The lowest BCUT2D eigenvalue weighted by atomic mass is 10.2. The van der Waals surface area contributed by atoms with Crippen LogP contribution in [0.1, 0.15) is 19.8 Å². The molecule has 5 nitrogen and oxygen atoms in total. The van der Waals surface area contributed by atoms with Crippen molar-refractivity contribution in [3.63, 3.8) is 0 Å². The fraction of sp³-hybridized carbons (Fsp3) is 0.364. The first-order valence-corrected chi connectivity index (χ1v) is 7.04. The number of rotatable bonds is 6. The Hall–Kier alpha value is -1.61. The average Bonchev–Trinajstić information content (AvgIpc) is 2.24. The first-order chi connectivity index (χ1) is 9.17. The molecular formula is C11H12F3NO4S. The number of nitrogens with one attached hydrogen (secondary N) is 1. The van der Waals surface area contributed by atoms with Crippen molar-refractivity contribution in [1.29, 1.82) is 0 Å². The third kappa shape index (κ3) is 3.94. The highest BCUT2D eigenvalue weighted by molar-refractivity contribution is 7.89. The van der Waals surface area contributed by atoms with E-state index in [1.807, 2.05) is 4.72 Å². The highest BCUT2D eigenvalue weighted by Gasteiger charge is 2.28. The van der Waals surface area contributed by atoms with Crippen molar-refractivity contribution < 1.29 is 31.5 Å². The number of hydrogen-bond acceptors (Lipinski definition) is 3. The predicted octanol–water partition coefficient (Wildman–Crippen LogP) is 1.64. The summed E-state index contributed by atoms with van der Waals surface area (Å²) in [7, 11) is -4.63. The van der Waals surface area contributed by atoms with Gasteiger partial charge in [-0.25, -0.2) is 26.3 Å². The molecule has 1 aromatic rings. The van der Waals surface area contributed by atoms with E-state index in [-0.39, 0.29) is 18.6 Å². The summed E-state index contributed by atoms with van der Waals surface area (Å²) in [6.45, 7) is 1.51. The largest absolute Gasteiger partial charge is 0.481 e. The van der Waals surface area contributed by atoms with Gasteiger partial charge in [0, 0.05) is 18.2 Å². The molecule has 1 atom stereocenters. The van der Waals surface area contributed by atoms with Crippen LogP contribution < -0.4 is 4.72 Å². The van der Waals surface area contributed by atoms with Gasteiger partial charge >= 0.3 is 5.97 Å². The molecule has 0 spiro atoms. The molecule has 0 heterocycles. The molecule has 2 N–H and O–H groups in total. The van der Waals surface area contributed by atoms with Gasteiger partial charge in [0.15, 0.2) is 4.90 Å². The van der Waals surface area contributed by atoms with Crippen molar-refractivity contribution in [3.05, 3.63) is 29.6 Å². The van der Waals surface area contributed by atoms with Crippen LogP contribution in [-0.2, 0) is 14.8 Å². The first-order valence-electron chi connectivity index (χ1n) is 5.56. The van der Waals surface area contributed by atoms with Crippen LogP contribution in [0.2, 0.25) is 0 Å². The topological polar surface area (TPSA) is 83.5 Å². The summed E-state index contributed by atoms with van der Waals surface area (Å²) in [5.74, 6) is -5.68. The highest BCUT2D eigenvalue weighted by Crippen LogP contribution is 2.20. The van der Waals surface area contributed by atoms with E-state index in [1.165, 1.54) is 6.92 Å². The summed E-state index contributed by atoms with van der Waals surface area (Å²) in [6, 6.07) is -0.563. The average molecular weight is 311 g/mol. The Morgan fingerprint density at radius 2 is 1.80 bits per heavy atom. The number of carboxylic acids is 1. The van der Waals surface area contributed by atoms with Gasteiger partial charge in [0.25, 0.3) is 0 Å². The molecule has 0 aromatic heterocycles. The van der Waals surface area contributed by atoms with Gasteiger partial charge in [0.05, 0.1) is 6.42 Å². The Balaban J connectivity index is 3.14. The van der Waals surface area contributed by atoms with Crippen molar-refractivity contribution in [3.8, 4) is 0 Å². The molecule has 9 heteroatoms. The summed E-state index contributed by atoms with van der Waals surface area (Å²) in [5, 5.41) is 8.60. The highest BCUT2D eigenvalue weighted by atomic mass is 32.2. The van der Waals surface area contributed by atoms with Crippen molar-refractivity contribution in [2.75, 3.05) is 0 Å². The van der Waals surface area contributed by atoms with Crippen LogP contribution in [0.4, 0.5) is 13.2 Å². The van der Waals surface area contributed by atoms with Crippen LogP contribution in [0, 0.1) is 17.5 Å². The Labute approximate surface area is 113 Å². The second kappa shape index (κ2) is 6.23. The molecule has 112 valence electrons. The molecule has 20 heavy (non-hydrogen) atoms. The Bertz CT molecular complexity index is 595. The van der Waals surface area contributed by atoms with Crippen LogP contribution in [0.5, 0.6) is 0 Å². The molecular weight excluding hydrogens is 299 g/mol. The smallest absolute Gasteiger partial charge is 0.304 e. The lowest BCUT2D eigenvalue weighted by Gasteiger charge is -2.15. The third-order valence-electron chi connectivity index (χ3n) is 2.47. The van der Waals surface area contributed by atoms with Gasteiger partial charge in [-0.05, 0) is 6.42 Å². The number of carbonyl (C=O) groups is 1. The van der Waals surface area contributed by atoms with Crippen LogP contribution in [0.15, 0.2) is 17.0 Å². The predicted molar refractivity (Wildman–Crippen MR) is 63.0 cm³/mol. The van der Waals surface area contributed by atoms with E-state index in [2.05, 4.69) is 0 Å². The molecule has 0 amide bonds. The Kier molecular flexibility index (Phi) is 5.12. The van der Waals surface area contributed by atoms with E-state index < -0.39 is 50.8 Å². The van der Waals surface area contributed by atoms with Crippen LogP contribution in [0.3, 0.4) is 0 Å². The third-order valence-corrected chi connectivity index (χ3v) is 4.04. The summed E-state index contributed by atoms with van der Waals surface area (Å²) in [6.07, 6.45) is -0.434. The maximum absolute atomic E-state index is 13.4. The number of aliphatic carboxylic acids is 1. The standard InChI is InChI=1S/C11H12F3NO4S/c1-2-7(5-10(16)17)15-20(18,19)11-8(13)3-6(12)4-9(11)14/h3-4,7,15H,2,5H2,1H3,(H,16,17). The molecule has 0 saturated heterocycles. The SMILES string of the molecule is CCC(CC(=O)O)NS(=O)(=O)c1c(F)cc(F)cc1F. The minimum atomic E-state index is -4.63. The fourth-order valence-electron chi connectivity index (χ4n) is 1.54. The number of halogens is 3. The molecule has 0 aliphatic rings. The molecule has 1 rings (SSSR count). The van der Waals surface area contributed by atoms with Crippen LogP contribution >= 0.6 is 0 Å². The van der Waals surface area contributed by atoms with E-state index in [1.54, 1.807) is 0 Å². The van der Waals surface area contributed by atoms with Crippen molar-refractivity contribution in [1.82, 2.24) is 4.72 Å². The number of carboxylic acid groups (broad SMARTS) is 1. The van der Waals surface area contributed by atoms with E-state index in [0.717, 1.165) is 0 Å². The maximum Gasteiger partial charge on any atom is 0.304 e. The Morgan fingerprint density at radius 1 is 1.30 bits per heavy atom. The molecule has 0 bridgehead atoms. The number of sulfonamides is 1. The zero-order chi connectivity index (χ0) is 15.5. The molecule has 1 aromatic carbocycles. The van der Waals surface area contributed by atoms with Gasteiger partial charge in [-0.3, -0.25) is 4.79 Å². The second-order valence-corrected chi connectivity index (χ2v) is 5.67. The molecule has 0 aliphatic heterocycles. The van der Waals surface area contributed by atoms with Crippen LogP contribution in [-0.4, -0.2) is 25.5 Å². The lowest BCUT2D eigenvalue weighted by molar-refractivity contribution is -0.137. The molecule has 0 saturated carbocycles. The van der Waals surface area contributed by atoms with Crippen molar-refractivity contribution >= 4 is 16.0 Å². The zero-order valence-electron chi connectivity index (χ0n) is 10.4. The minimum Gasteiger partial charge on any atom is -0.481 e. The van der Waals surface area contributed by atoms with Crippen LogP contribution in [0.25, 0.3) is 0 Å². The summed E-state index contributed by atoms with van der Waals surface area (Å²) < 4.78 is 65.1. The van der Waals surface area contributed by atoms with Crippen molar-refractivity contribution in [2.45, 2.75) is 30.7 Å². The van der Waals surface area contributed by atoms with Crippen molar-refractivity contribution in [2.24, 2.45) is 0 Å². The lowest BCUT2D eigenvalue weighted by Crippen LogP contribution is -2.36.